The second kappa shape index (κ2) is 5.65. The van der Waals surface area contributed by atoms with Crippen molar-refractivity contribution in [3.63, 3.8) is 0 Å². The molecule has 0 unspecified atom stereocenters. The minimum atomic E-state index is -0.0764. The Bertz CT molecular complexity index is 315. The predicted octanol–water partition coefficient (Wildman–Crippen LogP) is 2.17. The Morgan fingerprint density at radius 2 is 2.36 bits per heavy atom. The van der Waals surface area contributed by atoms with Crippen LogP contribution in [0.25, 0.3) is 0 Å². The molecule has 14 heavy (non-hydrogen) atoms. The molecular formula is C10H12BrNO2. The van der Waals surface area contributed by atoms with Gasteiger partial charge in [0.1, 0.15) is 11.3 Å². The second-order valence-electron chi connectivity index (χ2n) is 2.64. The van der Waals surface area contributed by atoms with Crippen LogP contribution in [-0.2, 0) is 0 Å². The summed E-state index contributed by atoms with van der Waals surface area (Å²) in [5.41, 5.74) is 1.04. The lowest BCUT2D eigenvalue weighted by Crippen LogP contribution is -2.22. The number of ether oxygens (including phenoxy) is 1. The molecule has 3 nitrogen and oxygen atoms in total. The minimum absolute atomic E-state index is 0.0764. The summed E-state index contributed by atoms with van der Waals surface area (Å²) in [7, 11) is 0. The summed E-state index contributed by atoms with van der Waals surface area (Å²) < 4.78 is 5.21. The van der Waals surface area contributed by atoms with E-state index in [-0.39, 0.29) is 5.91 Å². The third kappa shape index (κ3) is 3.03. The van der Waals surface area contributed by atoms with Crippen molar-refractivity contribution in [2.24, 2.45) is 0 Å². The van der Waals surface area contributed by atoms with Crippen LogP contribution in [0.2, 0.25) is 0 Å². The molecule has 0 saturated heterocycles. The predicted molar refractivity (Wildman–Crippen MR) is 58.9 cm³/mol. The maximum atomic E-state index is 11.4. The molecule has 76 valence electrons. The van der Waals surface area contributed by atoms with Gasteiger partial charge in [-0.05, 0) is 41.1 Å². The lowest BCUT2D eigenvalue weighted by molar-refractivity contribution is 0.0955. The number of nitrogens with one attached hydrogen (secondary N) is 1. The molecule has 1 rings (SSSR count). The summed E-state index contributed by atoms with van der Waals surface area (Å²) in [6, 6.07) is 7.07. The van der Waals surface area contributed by atoms with E-state index in [0.717, 1.165) is 0 Å². The fraction of sp³-hybridized carbons (Fsp3) is 0.300. The SMILES string of the molecule is CCNC(=O)c1cccc(OCBr)c1. The first-order valence-electron chi connectivity index (χ1n) is 4.35. The van der Waals surface area contributed by atoms with Crippen LogP contribution in [0.5, 0.6) is 5.75 Å². The topological polar surface area (TPSA) is 38.3 Å². The average Bonchev–Trinajstić information content (AvgIpc) is 2.19. The second-order valence-corrected chi connectivity index (χ2v) is 3.10. The van der Waals surface area contributed by atoms with E-state index < -0.39 is 0 Å². The highest BCUT2D eigenvalue weighted by molar-refractivity contribution is 9.09. The first kappa shape index (κ1) is 11.0. The van der Waals surface area contributed by atoms with Gasteiger partial charge in [-0.25, -0.2) is 0 Å². The Hall–Kier alpha value is -1.03. The van der Waals surface area contributed by atoms with Crippen molar-refractivity contribution in [3.05, 3.63) is 29.8 Å². The molecule has 0 bridgehead atoms. The van der Waals surface area contributed by atoms with E-state index in [1.165, 1.54) is 0 Å². The fourth-order valence-electron chi connectivity index (χ4n) is 1.05. The van der Waals surface area contributed by atoms with Crippen LogP contribution in [0.15, 0.2) is 24.3 Å². The molecule has 0 saturated carbocycles. The summed E-state index contributed by atoms with van der Waals surface area (Å²) in [6.45, 7) is 2.51. The molecule has 1 aromatic carbocycles. The Morgan fingerprint density at radius 1 is 1.57 bits per heavy atom. The lowest BCUT2D eigenvalue weighted by atomic mass is 10.2. The quantitative estimate of drug-likeness (QED) is 0.840. The number of hydrogen-bond acceptors (Lipinski definition) is 2. The van der Waals surface area contributed by atoms with Crippen molar-refractivity contribution in [1.29, 1.82) is 0 Å². The van der Waals surface area contributed by atoms with Crippen molar-refractivity contribution >= 4 is 21.8 Å². The zero-order valence-corrected chi connectivity index (χ0v) is 9.50. The molecule has 0 aromatic heterocycles. The number of halogens is 1. The van der Waals surface area contributed by atoms with E-state index in [4.69, 9.17) is 4.74 Å². The molecule has 0 atom stereocenters. The number of carbonyl (C=O) groups is 1. The molecule has 0 aliphatic rings. The van der Waals surface area contributed by atoms with E-state index >= 15 is 0 Å². The van der Waals surface area contributed by atoms with Crippen molar-refractivity contribution in [2.45, 2.75) is 6.92 Å². The molecule has 0 aliphatic heterocycles. The van der Waals surface area contributed by atoms with Crippen molar-refractivity contribution < 1.29 is 9.53 Å². The highest BCUT2D eigenvalue weighted by atomic mass is 79.9. The summed E-state index contributed by atoms with van der Waals surface area (Å²) >= 11 is 3.16. The minimum Gasteiger partial charge on any atom is -0.482 e. The molecule has 1 aromatic rings. The Labute approximate surface area is 91.6 Å². The molecule has 1 N–H and O–H groups in total. The first-order chi connectivity index (χ1) is 6.77. The van der Waals surface area contributed by atoms with Crippen LogP contribution in [-0.4, -0.2) is 18.0 Å². The third-order valence-corrected chi connectivity index (χ3v) is 1.88. The smallest absolute Gasteiger partial charge is 0.251 e. The Kier molecular flexibility index (Phi) is 4.46. The molecular weight excluding hydrogens is 246 g/mol. The number of alkyl halides is 1. The van der Waals surface area contributed by atoms with Crippen LogP contribution in [0, 0.1) is 0 Å². The molecule has 0 heterocycles. The number of benzene rings is 1. The molecule has 0 aliphatic carbocycles. The maximum Gasteiger partial charge on any atom is 0.251 e. The van der Waals surface area contributed by atoms with Gasteiger partial charge in [-0.2, -0.15) is 0 Å². The third-order valence-electron chi connectivity index (χ3n) is 1.65. The summed E-state index contributed by atoms with van der Waals surface area (Å²) in [4.78, 5) is 11.4. The maximum absolute atomic E-state index is 11.4. The molecule has 0 fully saturated rings. The van der Waals surface area contributed by atoms with Gasteiger partial charge in [0.15, 0.2) is 0 Å². The van der Waals surface area contributed by atoms with Crippen LogP contribution in [0.4, 0.5) is 0 Å². The Morgan fingerprint density at radius 3 is 3.00 bits per heavy atom. The van der Waals surface area contributed by atoms with Crippen molar-refractivity contribution in [1.82, 2.24) is 5.32 Å². The molecule has 0 spiro atoms. The van der Waals surface area contributed by atoms with Gasteiger partial charge in [-0.3, -0.25) is 4.79 Å². The number of rotatable bonds is 4. The van der Waals surface area contributed by atoms with Gasteiger partial charge in [-0.1, -0.05) is 6.07 Å². The van der Waals surface area contributed by atoms with Crippen molar-refractivity contribution in [3.8, 4) is 5.75 Å². The van der Waals surface area contributed by atoms with E-state index in [1.54, 1.807) is 18.2 Å². The van der Waals surface area contributed by atoms with Gasteiger partial charge in [0.2, 0.25) is 0 Å². The molecule has 1 amide bonds. The number of amides is 1. The normalized spacial score (nSPS) is 9.57. The zero-order valence-electron chi connectivity index (χ0n) is 7.92. The van der Waals surface area contributed by atoms with Gasteiger partial charge in [0.05, 0.1) is 0 Å². The Balaban J connectivity index is 2.77. The summed E-state index contributed by atoms with van der Waals surface area (Å²) in [6.07, 6.45) is 0. The van der Waals surface area contributed by atoms with E-state index in [2.05, 4.69) is 21.2 Å². The van der Waals surface area contributed by atoms with Crippen LogP contribution in [0.3, 0.4) is 0 Å². The van der Waals surface area contributed by atoms with Gasteiger partial charge in [0.25, 0.3) is 5.91 Å². The number of carbonyl (C=O) groups excluding carboxylic acids is 1. The van der Waals surface area contributed by atoms with E-state index in [9.17, 15) is 4.79 Å². The molecule has 0 radical (unpaired) electrons. The van der Waals surface area contributed by atoms with Crippen LogP contribution < -0.4 is 10.1 Å². The van der Waals surface area contributed by atoms with E-state index in [0.29, 0.717) is 23.4 Å². The average molecular weight is 258 g/mol. The molecule has 4 heteroatoms. The van der Waals surface area contributed by atoms with E-state index in [1.807, 2.05) is 13.0 Å². The van der Waals surface area contributed by atoms with Crippen LogP contribution in [0.1, 0.15) is 17.3 Å². The largest absolute Gasteiger partial charge is 0.482 e. The van der Waals surface area contributed by atoms with Gasteiger partial charge in [0, 0.05) is 12.1 Å². The number of hydrogen-bond donors (Lipinski definition) is 1. The van der Waals surface area contributed by atoms with Gasteiger partial charge >= 0.3 is 0 Å². The first-order valence-corrected chi connectivity index (χ1v) is 5.47. The monoisotopic (exact) mass is 257 g/mol. The summed E-state index contributed by atoms with van der Waals surface area (Å²) in [5.74, 6) is 0.609. The lowest BCUT2D eigenvalue weighted by Gasteiger charge is -2.05. The fourth-order valence-corrected chi connectivity index (χ4v) is 1.32. The van der Waals surface area contributed by atoms with Crippen molar-refractivity contribution in [2.75, 3.05) is 12.1 Å². The summed E-state index contributed by atoms with van der Waals surface area (Å²) in [5, 5.41) is 2.72. The standard InChI is InChI=1S/C10H12BrNO2/c1-2-12-10(13)8-4-3-5-9(6-8)14-7-11/h3-6H,2,7H2,1H3,(H,12,13). The van der Waals surface area contributed by atoms with Gasteiger partial charge in [-0.15, -0.1) is 0 Å². The van der Waals surface area contributed by atoms with Crippen LogP contribution >= 0.6 is 15.9 Å². The highest BCUT2D eigenvalue weighted by Gasteiger charge is 2.04. The van der Waals surface area contributed by atoms with Gasteiger partial charge < -0.3 is 10.1 Å². The highest BCUT2D eigenvalue weighted by Crippen LogP contribution is 2.13. The zero-order chi connectivity index (χ0) is 10.4.